The molecule has 2 rings (SSSR count). The fourth-order valence-corrected chi connectivity index (χ4v) is 3.09. The number of anilines is 1. The summed E-state index contributed by atoms with van der Waals surface area (Å²) in [6.07, 6.45) is 1.45. The van der Waals surface area contributed by atoms with Gasteiger partial charge in [-0.25, -0.2) is 0 Å². The Morgan fingerprint density at radius 2 is 1.96 bits per heavy atom. The number of ether oxygens (including phenoxy) is 1. The Balaban J connectivity index is 2.27. The standard InChI is InChI=1S/C17H11BrCl2N2O2/c1-24-16-14(18)7-10(8-15(16)20)6-11(9-21)17(23)22-13-4-2-12(19)3-5-13/h2-8H,1H3,(H,22,23)/b11-6-. The quantitative estimate of drug-likeness (QED) is 0.533. The first-order chi connectivity index (χ1) is 11.4. The van der Waals surface area contributed by atoms with Crippen molar-refractivity contribution in [2.45, 2.75) is 0 Å². The van der Waals surface area contributed by atoms with Crippen LogP contribution < -0.4 is 10.1 Å². The van der Waals surface area contributed by atoms with Crippen LogP contribution in [0.5, 0.6) is 5.75 Å². The number of nitrogens with zero attached hydrogens (tertiary/aromatic N) is 1. The maximum absolute atomic E-state index is 12.2. The molecule has 7 heteroatoms. The third-order valence-electron chi connectivity index (χ3n) is 3.00. The first-order valence-electron chi connectivity index (χ1n) is 6.66. The average Bonchev–Trinajstić information content (AvgIpc) is 2.54. The molecule has 0 aliphatic rings. The topological polar surface area (TPSA) is 62.1 Å². The monoisotopic (exact) mass is 424 g/mol. The maximum Gasteiger partial charge on any atom is 0.266 e. The second-order valence-electron chi connectivity index (χ2n) is 4.65. The minimum atomic E-state index is -0.525. The van der Waals surface area contributed by atoms with Crippen molar-refractivity contribution in [3.8, 4) is 11.8 Å². The van der Waals surface area contributed by atoms with E-state index in [1.54, 1.807) is 36.4 Å². The summed E-state index contributed by atoms with van der Waals surface area (Å²) in [5, 5.41) is 12.8. The van der Waals surface area contributed by atoms with Crippen molar-refractivity contribution in [2.24, 2.45) is 0 Å². The van der Waals surface area contributed by atoms with Crippen LogP contribution in [-0.4, -0.2) is 13.0 Å². The molecule has 0 fully saturated rings. The molecule has 24 heavy (non-hydrogen) atoms. The van der Waals surface area contributed by atoms with E-state index in [0.717, 1.165) is 0 Å². The second kappa shape index (κ2) is 8.20. The molecule has 0 radical (unpaired) electrons. The molecule has 0 atom stereocenters. The largest absolute Gasteiger partial charge is 0.494 e. The summed E-state index contributed by atoms with van der Waals surface area (Å²) in [5.74, 6) is -0.0409. The second-order valence-corrected chi connectivity index (χ2v) is 6.35. The van der Waals surface area contributed by atoms with Gasteiger partial charge in [0.15, 0.2) is 5.75 Å². The van der Waals surface area contributed by atoms with E-state index in [4.69, 9.17) is 27.9 Å². The highest BCUT2D eigenvalue weighted by Gasteiger charge is 2.12. The van der Waals surface area contributed by atoms with Crippen LogP contribution in [0, 0.1) is 11.3 Å². The smallest absolute Gasteiger partial charge is 0.266 e. The van der Waals surface area contributed by atoms with Gasteiger partial charge in [-0.2, -0.15) is 5.26 Å². The number of nitrogens with one attached hydrogen (secondary N) is 1. The number of hydrogen-bond donors (Lipinski definition) is 1. The molecule has 0 unspecified atom stereocenters. The van der Waals surface area contributed by atoms with Gasteiger partial charge in [-0.3, -0.25) is 4.79 Å². The lowest BCUT2D eigenvalue weighted by atomic mass is 10.1. The summed E-state index contributed by atoms with van der Waals surface area (Å²) in [4.78, 5) is 12.2. The third kappa shape index (κ3) is 4.51. The molecular weight excluding hydrogens is 415 g/mol. The highest BCUT2D eigenvalue weighted by molar-refractivity contribution is 9.10. The molecule has 1 N–H and O–H groups in total. The zero-order chi connectivity index (χ0) is 17.7. The zero-order valence-corrected chi connectivity index (χ0v) is 15.5. The number of carbonyl (C=O) groups excluding carboxylic acids is 1. The van der Waals surface area contributed by atoms with Crippen LogP contribution in [0.3, 0.4) is 0 Å². The van der Waals surface area contributed by atoms with E-state index in [0.29, 0.717) is 31.5 Å². The van der Waals surface area contributed by atoms with E-state index in [1.165, 1.54) is 13.2 Å². The lowest BCUT2D eigenvalue weighted by Crippen LogP contribution is -2.13. The molecular formula is C17H11BrCl2N2O2. The van der Waals surface area contributed by atoms with Gasteiger partial charge in [0.05, 0.1) is 16.6 Å². The van der Waals surface area contributed by atoms with Crippen LogP contribution in [-0.2, 0) is 4.79 Å². The Kier molecular flexibility index (Phi) is 6.27. The number of nitriles is 1. The minimum absolute atomic E-state index is 0.0573. The Morgan fingerprint density at radius 3 is 2.50 bits per heavy atom. The summed E-state index contributed by atoms with van der Waals surface area (Å²) in [6.45, 7) is 0. The number of amides is 1. The number of benzene rings is 2. The summed E-state index contributed by atoms with van der Waals surface area (Å²) in [7, 11) is 1.50. The molecule has 0 aromatic heterocycles. The van der Waals surface area contributed by atoms with Crippen molar-refractivity contribution < 1.29 is 9.53 Å². The van der Waals surface area contributed by atoms with Crippen molar-refractivity contribution in [2.75, 3.05) is 12.4 Å². The molecule has 0 aliphatic heterocycles. The summed E-state index contributed by atoms with van der Waals surface area (Å²) in [5.41, 5.74) is 1.08. The van der Waals surface area contributed by atoms with E-state index in [2.05, 4.69) is 21.2 Å². The predicted octanol–water partition coefficient (Wildman–Crippen LogP) is 5.31. The van der Waals surface area contributed by atoms with Crippen molar-refractivity contribution >= 4 is 56.8 Å². The molecule has 2 aromatic rings. The van der Waals surface area contributed by atoms with Gasteiger partial charge in [-0.15, -0.1) is 0 Å². The summed E-state index contributed by atoms with van der Waals surface area (Å²) < 4.78 is 5.77. The van der Waals surface area contributed by atoms with E-state index in [9.17, 15) is 10.1 Å². The Bertz CT molecular complexity index is 820. The van der Waals surface area contributed by atoms with Crippen LogP contribution in [0.4, 0.5) is 5.69 Å². The lowest BCUT2D eigenvalue weighted by molar-refractivity contribution is -0.112. The van der Waals surface area contributed by atoms with Gasteiger partial charge >= 0.3 is 0 Å². The number of rotatable bonds is 4. The van der Waals surface area contributed by atoms with E-state index >= 15 is 0 Å². The van der Waals surface area contributed by atoms with Crippen molar-refractivity contribution in [3.63, 3.8) is 0 Å². The van der Waals surface area contributed by atoms with Crippen LogP contribution in [0.1, 0.15) is 5.56 Å². The number of carbonyl (C=O) groups is 1. The Morgan fingerprint density at radius 1 is 1.29 bits per heavy atom. The molecule has 0 bridgehead atoms. The number of hydrogen-bond acceptors (Lipinski definition) is 3. The molecule has 0 saturated heterocycles. The molecule has 0 spiro atoms. The zero-order valence-electron chi connectivity index (χ0n) is 12.4. The van der Waals surface area contributed by atoms with Crippen LogP contribution in [0.2, 0.25) is 10.0 Å². The molecule has 1 amide bonds. The molecule has 2 aromatic carbocycles. The number of methoxy groups -OCH3 is 1. The third-order valence-corrected chi connectivity index (χ3v) is 4.12. The normalized spacial score (nSPS) is 10.9. The first-order valence-corrected chi connectivity index (χ1v) is 8.21. The summed E-state index contributed by atoms with van der Waals surface area (Å²) >= 11 is 15.2. The van der Waals surface area contributed by atoms with Gasteiger partial charge in [0.2, 0.25) is 0 Å². The maximum atomic E-state index is 12.2. The fraction of sp³-hybridized carbons (Fsp3) is 0.0588. The van der Waals surface area contributed by atoms with Gasteiger partial charge < -0.3 is 10.1 Å². The van der Waals surface area contributed by atoms with Gasteiger partial charge in [-0.05, 0) is 64.0 Å². The van der Waals surface area contributed by atoms with Crippen molar-refractivity contribution in [1.29, 1.82) is 5.26 Å². The van der Waals surface area contributed by atoms with E-state index < -0.39 is 5.91 Å². The molecule has 0 aliphatic carbocycles. The Hall–Kier alpha value is -2.00. The average molecular weight is 426 g/mol. The van der Waals surface area contributed by atoms with Gasteiger partial charge in [0, 0.05) is 10.7 Å². The van der Waals surface area contributed by atoms with Gasteiger partial charge in [-0.1, -0.05) is 23.2 Å². The van der Waals surface area contributed by atoms with Crippen LogP contribution in [0.15, 0.2) is 46.4 Å². The van der Waals surface area contributed by atoms with E-state index in [1.807, 2.05) is 6.07 Å². The highest BCUT2D eigenvalue weighted by atomic mass is 79.9. The van der Waals surface area contributed by atoms with E-state index in [-0.39, 0.29) is 5.57 Å². The van der Waals surface area contributed by atoms with Crippen molar-refractivity contribution in [3.05, 3.63) is 62.1 Å². The molecule has 0 saturated carbocycles. The molecule has 122 valence electrons. The number of halogens is 3. The summed E-state index contributed by atoms with van der Waals surface area (Å²) in [6, 6.07) is 11.8. The van der Waals surface area contributed by atoms with Crippen LogP contribution >= 0.6 is 39.1 Å². The first kappa shape index (κ1) is 18.3. The van der Waals surface area contributed by atoms with Crippen molar-refractivity contribution in [1.82, 2.24) is 0 Å². The highest BCUT2D eigenvalue weighted by Crippen LogP contribution is 2.34. The van der Waals surface area contributed by atoms with Crippen LogP contribution in [0.25, 0.3) is 6.08 Å². The SMILES string of the molecule is COc1c(Cl)cc(/C=C(/C#N)C(=O)Nc2ccc(Cl)cc2)cc1Br. The Labute approximate surface area is 157 Å². The fourth-order valence-electron chi connectivity index (χ4n) is 1.90. The minimum Gasteiger partial charge on any atom is -0.494 e. The molecule has 4 nitrogen and oxygen atoms in total. The van der Waals surface area contributed by atoms with Gasteiger partial charge in [0.1, 0.15) is 11.6 Å². The molecule has 0 heterocycles. The lowest BCUT2D eigenvalue weighted by Gasteiger charge is -2.08. The van der Waals surface area contributed by atoms with Gasteiger partial charge in [0.25, 0.3) is 5.91 Å². The predicted molar refractivity (Wildman–Crippen MR) is 99.4 cm³/mol.